The van der Waals surface area contributed by atoms with Crippen molar-refractivity contribution in [2.45, 2.75) is 58.3 Å². The maximum Gasteiger partial charge on any atom is 0.279 e. The number of hydrazine groups is 1. The lowest BCUT2D eigenvalue weighted by atomic mass is 9.81. The second-order valence-corrected chi connectivity index (χ2v) is 9.62. The number of likely N-dealkylation sites (tertiary alicyclic amines) is 1. The topological polar surface area (TPSA) is 95.6 Å². The molecule has 0 aromatic carbocycles. The first-order chi connectivity index (χ1) is 13.9. The van der Waals surface area contributed by atoms with Gasteiger partial charge in [-0.05, 0) is 49.7 Å². The van der Waals surface area contributed by atoms with Crippen molar-refractivity contribution in [3.8, 4) is 0 Å². The number of fused-ring (bicyclic) bond motifs is 2. The highest BCUT2D eigenvalue weighted by Crippen LogP contribution is 2.38. The minimum absolute atomic E-state index is 0.0182. The summed E-state index contributed by atoms with van der Waals surface area (Å²) >= 11 is 1.48. The molecule has 1 aromatic rings. The highest BCUT2D eigenvalue weighted by molar-refractivity contribution is 7.14. The van der Waals surface area contributed by atoms with Crippen LogP contribution in [0.2, 0.25) is 0 Å². The Labute approximate surface area is 174 Å². The molecule has 2 aliphatic carbocycles. The van der Waals surface area contributed by atoms with E-state index in [1.807, 2.05) is 6.07 Å². The van der Waals surface area contributed by atoms with E-state index in [-0.39, 0.29) is 42.5 Å². The summed E-state index contributed by atoms with van der Waals surface area (Å²) in [6.45, 7) is 2.28. The number of nitrogens with zero attached hydrogens (tertiary/aromatic N) is 1. The van der Waals surface area contributed by atoms with Crippen molar-refractivity contribution in [1.82, 2.24) is 15.8 Å². The van der Waals surface area contributed by atoms with Crippen molar-refractivity contribution in [2.75, 3.05) is 6.54 Å². The fourth-order valence-electron chi connectivity index (χ4n) is 4.73. The third-order valence-electron chi connectivity index (χ3n) is 6.36. The van der Waals surface area contributed by atoms with Gasteiger partial charge in [-0.2, -0.15) is 0 Å². The van der Waals surface area contributed by atoms with Gasteiger partial charge in [-0.15, -0.1) is 11.3 Å². The van der Waals surface area contributed by atoms with Crippen LogP contribution in [0.3, 0.4) is 0 Å². The van der Waals surface area contributed by atoms with Crippen LogP contribution in [0.25, 0.3) is 0 Å². The van der Waals surface area contributed by atoms with E-state index in [4.69, 9.17) is 0 Å². The Kier molecular flexibility index (Phi) is 5.72. The van der Waals surface area contributed by atoms with E-state index in [1.54, 1.807) is 0 Å². The molecule has 1 aromatic heterocycles. The molecule has 156 valence electrons. The van der Waals surface area contributed by atoms with E-state index in [0.29, 0.717) is 10.8 Å². The van der Waals surface area contributed by atoms with Crippen molar-refractivity contribution >= 4 is 35.0 Å². The Bertz CT molecular complexity index is 825. The van der Waals surface area contributed by atoms with Crippen molar-refractivity contribution in [3.63, 3.8) is 0 Å². The standard InChI is InChI=1S/C21H27N3O4S/c1-12-6-7-16-13(10-12)11-17(29-16)19(26)23-22-18(25)8-9-24-20(27)14-4-2-3-5-15(14)21(24)28/h11-12,14-15H,2-10H2,1H3,(H,22,25)(H,23,26)/t12-,14-,15+/m1/s1. The van der Waals surface area contributed by atoms with E-state index >= 15 is 0 Å². The van der Waals surface area contributed by atoms with Crippen molar-refractivity contribution < 1.29 is 19.2 Å². The lowest BCUT2D eigenvalue weighted by molar-refractivity contribution is -0.140. The summed E-state index contributed by atoms with van der Waals surface area (Å²) in [5.41, 5.74) is 6.09. The van der Waals surface area contributed by atoms with Gasteiger partial charge in [-0.3, -0.25) is 34.9 Å². The Morgan fingerprint density at radius 1 is 1.10 bits per heavy atom. The van der Waals surface area contributed by atoms with Gasteiger partial charge < -0.3 is 0 Å². The maximum absolute atomic E-state index is 12.4. The Hall–Kier alpha value is -2.22. The predicted octanol–water partition coefficient (Wildman–Crippen LogP) is 2.20. The van der Waals surface area contributed by atoms with Crippen LogP contribution in [0, 0.1) is 17.8 Å². The molecule has 2 fully saturated rings. The molecule has 29 heavy (non-hydrogen) atoms. The molecule has 4 rings (SSSR count). The summed E-state index contributed by atoms with van der Waals surface area (Å²) in [6, 6.07) is 1.92. The van der Waals surface area contributed by atoms with Crippen LogP contribution in [-0.2, 0) is 27.2 Å². The third kappa shape index (κ3) is 4.08. The fourth-order valence-corrected chi connectivity index (χ4v) is 5.84. The van der Waals surface area contributed by atoms with E-state index < -0.39 is 5.91 Å². The van der Waals surface area contributed by atoms with Crippen molar-refractivity contribution in [3.05, 3.63) is 21.4 Å². The first kappa shape index (κ1) is 20.1. The summed E-state index contributed by atoms with van der Waals surface area (Å²) in [5, 5.41) is 0. The molecule has 2 N–H and O–H groups in total. The second-order valence-electron chi connectivity index (χ2n) is 8.48. The average molecular weight is 418 g/mol. The minimum atomic E-state index is -0.413. The highest BCUT2D eigenvalue weighted by Gasteiger charge is 2.47. The van der Waals surface area contributed by atoms with Crippen LogP contribution < -0.4 is 10.9 Å². The van der Waals surface area contributed by atoms with Gasteiger partial charge in [0.15, 0.2) is 0 Å². The molecular weight excluding hydrogens is 390 g/mol. The zero-order chi connectivity index (χ0) is 20.5. The quantitative estimate of drug-likeness (QED) is 0.580. The van der Waals surface area contributed by atoms with E-state index in [1.165, 1.54) is 26.7 Å². The summed E-state index contributed by atoms with van der Waals surface area (Å²) in [7, 11) is 0. The number of nitrogens with one attached hydrogen (secondary N) is 2. The van der Waals surface area contributed by atoms with Crippen LogP contribution >= 0.6 is 11.3 Å². The predicted molar refractivity (Wildman–Crippen MR) is 108 cm³/mol. The molecule has 4 amide bonds. The first-order valence-electron chi connectivity index (χ1n) is 10.5. The number of aryl methyl sites for hydroxylation is 1. The third-order valence-corrected chi connectivity index (χ3v) is 7.60. The van der Waals surface area contributed by atoms with Crippen LogP contribution in [-0.4, -0.2) is 35.1 Å². The van der Waals surface area contributed by atoms with Gasteiger partial charge >= 0.3 is 0 Å². The summed E-state index contributed by atoms with van der Waals surface area (Å²) < 4.78 is 0. The van der Waals surface area contributed by atoms with Gasteiger partial charge in [0.05, 0.1) is 16.7 Å². The molecule has 1 saturated heterocycles. The largest absolute Gasteiger partial charge is 0.282 e. The minimum Gasteiger partial charge on any atom is -0.282 e. The Morgan fingerprint density at radius 3 is 2.48 bits per heavy atom. The normalized spacial score (nSPS) is 26.1. The molecule has 0 spiro atoms. The van der Waals surface area contributed by atoms with Crippen molar-refractivity contribution in [2.24, 2.45) is 17.8 Å². The number of rotatable bonds is 4. The number of amides is 4. The average Bonchev–Trinajstić information content (AvgIpc) is 3.24. The van der Waals surface area contributed by atoms with Crippen LogP contribution in [0.1, 0.15) is 65.6 Å². The lowest BCUT2D eigenvalue weighted by Crippen LogP contribution is -2.43. The summed E-state index contributed by atoms with van der Waals surface area (Å²) in [5.74, 6) is -0.802. The van der Waals surface area contributed by atoms with Gasteiger partial charge in [-0.1, -0.05) is 19.8 Å². The van der Waals surface area contributed by atoms with Crippen LogP contribution in [0.15, 0.2) is 6.07 Å². The fraction of sp³-hybridized carbons (Fsp3) is 0.619. The van der Waals surface area contributed by atoms with Gasteiger partial charge in [0.25, 0.3) is 5.91 Å². The molecule has 3 aliphatic rings. The lowest BCUT2D eigenvalue weighted by Gasteiger charge is -2.19. The number of hydrogen-bond donors (Lipinski definition) is 2. The molecule has 2 heterocycles. The molecule has 8 heteroatoms. The molecule has 0 bridgehead atoms. The molecule has 0 radical (unpaired) electrons. The van der Waals surface area contributed by atoms with E-state index in [9.17, 15) is 19.2 Å². The summed E-state index contributed by atoms with van der Waals surface area (Å²) in [4.78, 5) is 52.4. The molecule has 1 saturated carbocycles. The Morgan fingerprint density at radius 2 is 1.79 bits per heavy atom. The van der Waals surface area contributed by atoms with E-state index in [0.717, 1.165) is 44.9 Å². The number of carbonyl (C=O) groups is 4. The Balaban J connectivity index is 1.26. The molecular formula is C21H27N3O4S. The zero-order valence-electron chi connectivity index (χ0n) is 16.7. The van der Waals surface area contributed by atoms with Crippen LogP contribution in [0.5, 0.6) is 0 Å². The highest BCUT2D eigenvalue weighted by atomic mass is 32.1. The van der Waals surface area contributed by atoms with Gasteiger partial charge in [0, 0.05) is 17.8 Å². The molecule has 1 aliphatic heterocycles. The van der Waals surface area contributed by atoms with E-state index in [2.05, 4.69) is 17.8 Å². The first-order valence-corrected chi connectivity index (χ1v) is 11.3. The molecule has 7 nitrogen and oxygen atoms in total. The number of thiophene rings is 1. The molecule has 0 unspecified atom stereocenters. The smallest absolute Gasteiger partial charge is 0.279 e. The SMILES string of the molecule is C[C@@H]1CCc2sc(C(=O)NNC(=O)CCN3C(=O)[C@H]4CCCC[C@H]4C3=O)cc2C1. The molecule has 3 atom stereocenters. The van der Waals surface area contributed by atoms with Crippen LogP contribution in [0.4, 0.5) is 0 Å². The number of imide groups is 1. The zero-order valence-corrected chi connectivity index (χ0v) is 17.5. The monoisotopic (exact) mass is 417 g/mol. The number of carbonyl (C=O) groups excluding carboxylic acids is 4. The van der Waals surface area contributed by atoms with Crippen molar-refractivity contribution in [1.29, 1.82) is 0 Å². The second kappa shape index (κ2) is 8.26. The summed E-state index contributed by atoms with van der Waals surface area (Å²) in [6.07, 6.45) is 6.59. The number of hydrogen-bond acceptors (Lipinski definition) is 5. The maximum atomic E-state index is 12.4. The van der Waals surface area contributed by atoms with Gasteiger partial charge in [0.2, 0.25) is 17.7 Å². The van der Waals surface area contributed by atoms with Gasteiger partial charge in [0.1, 0.15) is 0 Å². The van der Waals surface area contributed by atoms with Gasteiger partial charge in [-0.25, -0.2) is 0 Å².